The van der Waals surface area contributed by atoms with Crippen molar-refractivity contribution in [2.45, 2.75) is 38.5 Å². The molecule has 0 bridgehead atoms. The highest BCUT2D eigenvalue weighted by atomic mass is 35.5. The molecule has 2 aromatic carbocycles. The zero-order valence-corrected chi connectivity index (χ0v) is 21.3. The van der Waals surface area contributed by atoms with Crippen LogP contribution in [0, 0.1) is 0 Å². The summed E-state index contributed by atoms with van der Waals surface area (Å²) < 4.78 is 0. The predicted molar refractivity (Wildman–Crippen MR) is 142 cm³/mol. The maximum Gasteiger partial charge on any atom is 0.224 e. The molecule has 2 heterocycles. The van der Waals surface area contributed by atoms with Gasteiger partial charge in [0.15, 0.2) is 0 Å². The first-order chi connectivity index (χ1) is 17.1. The molecule has 2 aliphatic rings. The van der Waals surface area contributed by atoms with Gasteiger partial charge in [0, 0.05) is 62.0 Å². The van der Waals surface area contributed by atoms with E-state index in [1.807, 2.05) is 29.2 Å². The second kappa shape index (κ2) is 10.9. The molecule has 3 aromatic rings. The van der Waals surface area contributed by atoms with Gasteiger partial charge >= 0.3 is 0 Å². The second-order valence-corrected chi connectivity index (χ2v) is 10.1. The van der Waals surface area contributed by atoms with Gasteiger partial charge in [-0.25, -0.2) is 9.97 Å². The number of carbonyl (C=O) groups excluding carboxylic acids is 1. The number of hydrogen-bond acceptors (Lipinski definition) is 5. The van der Waals surface area contributed by atoms with E-state index in [0.29, 0.717) is 23.9 Å². The number of piperazine rings is 1. The molecule has 0 unspecified atom stereocenters. The van der Waals surface area contributed by atoms with E-state index in [9.17, 15) is 4.79 Å². The molecule has 7 heteroatoms. The minimum atomic E-state index is 0.231. The number of amides is 1. The Morgan fingerprint density at radius 3 is 2.51 bits per heavy atom. The lowest BCUT2D eigenvalue weighted by molar-refractivity contribution is -0.132. The second-order valence-electron chi connectivity index (χ2n) is 9.63. The maximum absolute atomic E-state index is 13.1. The number of hydrogen-bond donors (Lipinski definition) is 0. The van der Waals surface area contributed by atoms with Gasteiger partial charge in [-0.05, 0) is 49.6 Å². The summed E-state index contributed by atoms with van der Waals surface area (Å²) in [7, 11) is 0. The molecule has 1 amide bonds. The fourth-order valence-electron chi connectivity index (χ4n) is 4.80. The van der Waals surface area contributed by atoms with Crippen molar-refractivity contribution in [3.8, 4) is 0 Å². The topological polar surface area (TPSA) is 52.6 Å². The van der Waals surface area contributed by atoms with Crippen LogP contribution in [0.3, 0.4) is 0 Å². The van der Waals surface area contributed by atoms with Crippen molar-refractivity contribution in [3.05, 3.63) is 64.9 Å². The number of fused-ring (bicyclic) bond motifs is 1. The zero-order chi connectivity index (χ0) is 24.2. The fourth-order valence-corrected chi connectivity index (χ4v) is 4.97. The lowest BCUT2D eigenvalue weighted by atomic mass is 10.1. The van der Waals surface area contributed by atoms with Crippen molar-refractivity contribution in [1.29, 1.82) is 0 Å². The number of rotatable bonds is 9. The summed E-state index contributed by atoms with van der Waals surface area (Å²) in [5, 5.41) is 1.68. The van der Waals surface area contributed by atoms with Crippen LogP contribution in [0.2, 0.25) is 5.02 Å². The fraction of sp³-hybridized carbons (Fsp3) is 0.464. The molecule has 1 aliphatic carbocycles. The van der Waals surface area contributed by atoms with E-state index in [2.05, 4.69) is 41.0 Å². The largest absolute Gasteiger partial charge is 0.355 e. The van der Waals surface area contributed by atoms with Crippen molar-refractivity contribution in [1.82, 2.24) is 19.8 Å². The van der Waals surface area contributed by atoms with Crippen LogP contribution in [-0.4, -0.2) is 71.5 Å². The normalized spacial score (nSPS) is 16.6. The van der Waals surface area contributed by atoms with Gasteiger partial charge in [0.2, 0.25) is 5.91 Å². The summed E-state index contributed by atoms with van der Waals surface area (Å²) >= 11 is 6.32. The van der Waals surface area contributed by atoms with Gasteiger partial charge in [-0.1, -0.05) is 48.9 Å². The van der Waals surface area contributed by atoms with Crippen LogP contribution in [0.25, 0.3) is 10.9 Å². The molecule has 2 fully saturated rings. The van der Waals surface area contributed by atoms with E-state index < -0.39 is 0 Å². The Morgan fingerprint density at radius 1 is 1.03 bits per heavy atom. The van der Waals surface area contributed by atoms with Gasteiger partial charge in [-0.3, -0.25) is 4.79 Å². The van der Waals surface area contributed by atoms with Crippen LogP contribution >= 0.6 is 11.6 Å². The predicted octanol–water partition coefficient (Wildman–Crippen LogP) is 4.76. The third kappa shape index (κ3) is 5.93. The van der Waals surface area contributed by atoms with Crippen LogP contribution in [-0.2, 0) is 11.2 Å². The van der Waals surface area contributed by atoms with E-state index in [4.69, 9.17) is 21.6 Å². The molecule has 0 spiro atoms. The van der Waals surface area contributed by atoms with Crippen molar-refractivity contribution < 1.29 is 4.79 Å². The molecule has 184 valence electrons. The summed E-state index contributed by atoms with van der Waals surface area (Å²) in [5.41, 5.74) is 2.17. The summed E-state index contributed by atoms with van der Waals surface area (Å²) in [6.45, 7) is 8.21. The van der Waals surface area contributed by atoms with Gasteiger partial charge in [-0.15, -0.1) is 0 Å². The van der Waals surface area contributed by atoms with E-state index >= 15 is 0 Å². The van der Waals surface area contributed by atoms with Crippen LogP contribution < -0.4 is 4.90 Å². The summed E-state index contributed by atoms with van der Waals surface area (Å²) in [5.74, 6) is 2.49. The molecule has 0 N–H and O–H groups in total. The van der Waals surface area contributed by atoms with Crippen molar-refractivity contribution in [3.63, 3.8) is 0 Å². The first-order valence-electron chi connectivity index (χ1n) is 12.9. The highest BCUT2D eigenvalue weighted by Gasteiger charge is 2.29. The molecule has 0 atom stereocenters. The molecule has 1 saturated carbocycles. The molecular formula is C28H34ClN5O. The minimum absolute atomic E-state index is 0.231. The summed E-state index contributed by atoms with van der Waals surface area (Å²) in [6.07, 6.45) is 3.65. The highest BCUT2D eigenvalue weighted by molar-refractivity contribution is 6.31. The standard InChI is InChI=1S/C28H34ClN5O/c1-2-32-16-18-33(19-17-32)26(35)13-15-34(14-12-21-6-4-3-5-7-21)28-24-11-10-23(29)20-25(24)30-27(31-28)22-8-9-22/h3-7,10-11,20,22H,2,8-9,12-19H2,1H3. The number of likely N-dealkylation sites (N-methyl/N-ethyl adjacent to an activating group) is 1. The van der Waals surface area contributed by atoms with Gasteiger partial charge in [-0.2, -0.15) is 0 Å². The molecule has 35 heavy (non-hydrogen) atoms. The van der Waals surface area contributed by atoms with Gasteiger partial charge in [0.1, 0.15) is 11.6 Å². The van der Waals surface area contributed by atoms with E-state index in [1.54, 1.807) is 0 Å². The Hall–Kier alpha value is -2.70. The van der Waals surface area contributed by atoms with E-state index in [-0.39, 0.29) is 5.91 Å². The average molecular weight is 492 g/mol. The smallest absolute Gasteiger partial charge is 0.224 e. The lowest BCUT2D eigenvalue weighted by Crippen LogP contribution is -2.49. The Labute approximate surface area is 212 Å². The van der Waals surface area contributed by atoms with E-state index in [0.717, 1.165) is 81.1 Å². The number of benzene rings is 2. The summed E-state index contributed by atoms with van der Waals surface area (Å²) in [4.78, 5) is 29.7. The van der Waals surface area contributed by atoms with Gasteiger partial charge < -0.3 is 14.7 Å². The van der Waals surface area contributed by atoms with E-state index in [1.165, 1.54) is 5.56 Å². The van der Waals surface area contributed by atoms with Crippen molar-refractivity contribution >= 4 is 34.2 Å². The number of nitrogens with zero attached hydrogens (tertiary/aromatic N) is 5. The van der Waals surface area contributed by atoms with Crippen LogP contribution in [0.4, 0.5) is 5.82 Å². The third-order valence-corrected chi connectivity index (χ3v) is 7.41. The number of carbonyl (C=O) groups is 1. The molecule has 1 aliphatic heterocycles. The lowest BCUT2D eigenvalue weighted by Gasteiger charge is -2.34. The van der Waals surface area contributed by atoms with Gasteiger partial charge in [0.05, 0.1) is 5.52 Å². The van der Waals surface area contributed by atoms with Crippen molar-refractivity contribution in [2.75, 3.05) is 50.7 Å². The Kier molecular flexibility index (Phi) is 7.49. The first-order valence-corrected chi connectivity index (χ1v) is 13.2. The SMILES string of the molecule is CCN1CCN(C(=O)CCN(CCc2ccccc2)c2nc(C3CC3)nc3cc(Cl)ccc23)CC1. The monoisotopic (exact) mass is 491 g/mol. The van der Waals surface area contributed by atoms with Crippen molar-refractivity contribution in [2.24, 2.45) is 0 Å². The van der Waals surface area contributed by atoms with Crippen LogP contribution in [0.5, 0.6) is 0 Å². The summed E-state index contributed by atoms with van der Waals surface area (Å²) in [6, 6.07) is 16.4. The number of anilines is 1. The number of aromatic nitrogens is 2. The van der Waals surface area contributed by atoms with Gasteiger partial charge in [0.25, 0.3) is 0 Å². The Balaban J connectivity index is 1.39. The highest BCUT2D eigenvalue weighted by Crippen LogP contribution is 2.40. The molecule has 0 radical (unpaired) electrons. The minimum Gasteiger partial charge on any atom is -0.355 e. The zero-order valence-electron chi connectivity index (χ0n) is 20.5. The van der Waals surface area contributed by atoms with Crippen LogP contribution in [0.1, 0.15) is 43.5 Å². The molecule has 5 rings (SSSR count). The Morgan fingerprint density at radius 2 is 1.80 bits per heavy atom. The maximum atomic E-state index is 13.1. The van der Waals surface area contributed by atoms with Crippen LogP contribution in [0.15, 0.2) is 48.5 Å². The molecule has 1 aromatic heterocycles. The quantitative estimate of drug-likeness (QED) is 0.432. The number of halogens is 1. The molecular weight excluding hydrogens is 458 g/mol. The third-order valence-electron chi connectivity index (χ3n) is 7.18. The molecule has 1 saturated heterocycles. The Bertz CT molecular complexity index is 1160. The first kappa shape index (κ1) is 24.0. The average Bonchev–Trinajstić information content (AvgIpc) is 3.74. The molecule has 6 nitrogen and oxygen atoms in total.